The van der Waals surface area contributed by atoms with E-state index in [1.165, 1.54) is 11.1 Å². The molecule has 0 amide bonds. The lowest BCUT2D eigenvalue weighted by Crippen LogP contribution is -2.56. The van der Waals surface area contributed by atoms with E-state index < -0.39 is 0 Å². The molecule has 5 heteroatoms. The lowest BCUT2D eigenvalue weighted by molar-refractivity contribution is 0.209. The summed E-state index contributed by atoms with van der Waals surface area (Å²) in [6, 6.07) is 8.94. The quantitative estimate of drug-likeness (QED) is 0.465. The summed E-state index contributed by atoms with van der Waals surface area (Å²) in [5, 5.41) is 11.4. The molecular weight excluding hydrogens is 382 g/mol. The van der Waals surface area contributed by atoms with Gasteiger partial charge in [-0.3, -0.25) is 0 Å². The van der Waals surface area contributed by atoms with Crippen molar-refractivity contribution in [3.05, 3.63) is 79.3 Å². The van der Waals surface area contributed by atoms with Crippen molar-refractivity contribution in [2.75, 3.05) is 5.32 Å². The van der Waals surface area contributed by atoms with Gasteiger partial charge in [0.1, 0.15) is 0 Å². The van der Waals surface area contributed by atoms with Crippen molar-refractivity contribution < 1.29 is 0 Å². The van der Waals surface area contributed by atoms with Crippen LogP contribution >= 0.6 is 0 Å². The number of rotatable bonds is 7. The number of fused-ring (bicyclic) bond motifs is 1. The van der Waals surface area contributed by atoms with Gasteiger partial charge < -0.3 is 10.6 Å². The zero-order valence-electron chi connectivity index (χ0n) is 19.0. The summed E-state index contributed by atoms with van der Waals surface area (Å²) >= 11 is 0. The summed E-state index contributed by atoms with van der Waals surface area (Å²) < 4.78 is 1.89. The Morgan fingerprint density at radius 1 is 1.19 bits per heavy atom. The van der Waals surface area contributed by atoms with Crippen LogP contribution in [0, 0.1) is 6.92 Å². The number of aryl methyl sites for hydroxylation is 1. The second-order valence-corrected chi connectivity index (χ2v) is 7.97. The Kier molecular flexibility index (Phi) is 6.95. The van der Waals surface area contributed by atoms with Crippen molar-refractivity contribution in [2.24, 2.45) is 0 Å². The van der Waals surface area contributed by atoms with E-state index in [0.29, 0.717) is 12.0 Å². The van der Waals surface area contributed by atoms with Crippen LogP contribution in [-0.2, 0) is 0 Å². The Bertz CT molecular complexity index is 1090. The second-order valence-electron chi connectivity index (χ2n) is 7.97. The Morgan fingerprint density at radius 3 is 2.68 bits per heavy atom. The van der Waals surface area contributed by atoms with E-state index in [-0.39, 0.29) is 5.54 Å². The Balaban J connectivity index is 0.00000132. The third-order valence-electron chi connectivity index (χ3n) is 5.60. The number of nitrogens with one attached hydrogen (secondary N) is 2. The molecule has 1 saturated carbocycles. The molecule has 0 spiro atoms. The van der Waals surface area contributed by atoms with Gasteiger partial charge in [-0.25, -0.2) is 9.50 Å². The molecule has 4 rings (SSSR count). The first-order valence-corrected chi connectivity index (χ1v) is 10.9. The second kappa shape index (κ2) is 9.65. The molecule has 0 unspecified atom stereocenters. The van der Waals surface area contributed by atoms with Gasteiger partial charge >= 0.3 is 0 Å². The lowest BCUT2D eigenvalue weighted by atomic mass is 9.74. The van der Waals surface area contributed by atoms with E-state index in [1.54, 1.807) is 12.3 Å². The predicted molar refractivity (Wildman–Crippen MR) is 132 cm³/mol. The van der Waals surface area contributed by atoms with Crippen LogP contribution in [0.15, 0.2) is 68.2 Å². The van der Waals surface area contributed by atoms with Gasteiger partial charge in [0.05, 0.1) is 11.7 Å². The zero-order chi connectivity index (χ0) is 22.4. The largest absolute Gasteiger partial charge is 0.386 e. The van der Waals surface area contributed by atoms with Gasteiger partial charge in [-0.1, -0.05) is 57.4 Å². The summed E-state index contributed by atoms with van der Waals surface area (Å²) in [5.41, 5.74) is 5.80. The molecule has 0 radical (unpaired) electrons. The summed E-state index contributed by atoms with van der Waals surface area (Å²) in [5.74, 6) is 0.656. The van der Waals surface area contributed by atoms with Crippen molar-refractivity contribution in [1.82, 2.24) is 19.9 Å². The van der Waals surface area contributed by atoms with Crippen molar-refractivity contribution in [1.29, 1.82) is 0 Å². The van der Waals surface area contributed by atoms with Gasteiger partial charge in [-0.05, 0) is 61.7 Å². The minimum Gasteiger partial charge on any atom is -0.386 e. The first kappa shape index (κ1) is 22.3. The molecule has 0 saturated heterocycles. The fraction of sp³-hybridized carbons (Fsp3) is 0.308. The minimum atomic E-state index is 0.118. The molecule has 3 aromatic rings. The average molecular weight is 416 g/mol. The molecule has 0 aliphatic heterocycles. The zero-order valence-corrected chi connectivity index (χ0v) is 19.0. The molecule has 0 bridgehead atoms. The normalized spacial score (nSPS) is 19.9. The molecule has 2 N–H and O–H groups in total. The standard InChI is InChI=1S/C24H27N5.C2H6/c1-5-7-8-18-13-19(10-9-17(18)3)21-11-12-29-22(21)16-25-23(28-29)27-20-14-24(4,15-20)26-6-2;1-2/h5-13,16,20,26H,1-2,14-15H2,3-4H3,(H,27,28);1-2H3/b8-7-;. The van der Waals surface area contributed by atoms with E-state index in [1.807, 2.05) is 36.8 Å². The number of benzene rings is 1. The molecule has 1 aliphatic rings. The molecular formula is C26H33N5. The summed E-state index contributed by atoms with van der Waals surface area (Å²) in [6.07, 6.45) is 13.5. The van der Waals surface area contributed by atoms with E-state index in [4.69, 9.17) is 0 Å². The van der Waals surface area contributed by atoms with Crippen LogP contribution in [0.2, 0.25) is 0 Å². The van der Waals surface area contributed by atoms with Crippen molar-refractivity contribution >= 4 is 17.5 Å². The fourth-order valence-electron chi connectivity index (χ4n) is 4.05. The summed E-state index contributed by atoms with van der Waals surface area (Å²) in [7, 11) is 0. The number of anilines is 1. The van der Waals surface area contributed by atoms with Crippen LogP contribution in [0.25, 0.3) is 22.7 Å². The fourth-order valence-corrected chi connectivity index (χ4v) is 4.05. The molecule has 162 valence electrons. The molecule has 1 aliphatic carbocycles. The molecule has 5 nitrogen and oxygen atoms in total. The number of allylic oxidation sites excluding steroid dienone is 2. The van der Waals surface area contributed by atoms with Crippen LogP contribution in [0.1, 0.15) is 44.7 Å². The molecule has 2 aromatic heterocycles. The van der Waals surface area contributed by atoms with Gasteiger partial charge in [0.2, 0.25) is 5.95 Å². The number of hydrogen-bond donors (Lipinski definition) is 2. The topological polar surface area (TPSA) is 54.2 Å². The number of hydrogen-bond acceptors (Lipinski definition) is 4. The monoisotopic (exact) mass is 415 g/mol. The predicted octanol–water partition coefficient (Wildman–Crippen LogP) is 6.00. The first-order chi connectivity index (χ1) is 15.0. The van der Waals surface area contributed by atoms with Crippen molar-refractivity contribution in [2.45, 2.75) is 52.1 Å². The third-order valence-corrected chi connectivity index (χ3v) is 5.60. The van der Waals surface area contributed by atoms with Crippen LogP contribution < -0.4 is 10.6 Å². The number of aromatic nitrogens is 3. The van der Waals surface area contributed by atoms with Crippen LogP contribution in [0.4, 0.5) is 5.95 Å². The van der Waals surface area contributed by atoms with E-state index >= 15 is 0 Å². The number of nitrogens with zero attached hydrogens (tertiary/aromatic N) is 3. The van der Waals surface area contributed by atoms with Crippen molar-refractivity contribution in [3.8, 4) is 11.1 Å². The first-order valence-electron chi connectivity index (χ1n) is 10.9. The van der Waals surface area contributed by atoms with Crippen LogP contribution in [-0.4, -0.2) is 26.2 Å². The maximum Gasteiger partial charge on any atom is 0.241 e. The highest BCUT2D eigenvalue weighted by Crippen LogP contribution is 2.34. The van der Waals surface area contributed by atoms with Gasteiger partial charge in [0.25, 0.3) is 0 Å². The summed E-state index contributed by atoms with van der Waals surface area (Å²) in [6.45, 7) is 15.8. The van der Waals surface area contributed by atoms with E-state index in [9.17, 15) is 0 Å². The Hall–Kier alpha value is -3.34. The smallest absolute Gasteiger partial charge is 0.241 e. The maximum atomic E-state index is 4.65. The Labute approximate surface area is 185 Å². The van der Waals surface area contributed by atoms with Gasteiger partial charge in [-0.15, -0.1) is 5.10 Å². The van der Waals surface area contributed by atoms with E-state index in [0.717, 1.165) is 29.5 Å². The van der Waals surface area contributed by atoms with Crippen LogP contribution in [0.3, 0.4) is 0 Å². The molecule has 2 heterocycles. The Morgan fingerprint density at radius 2 is 1.97 bits per heavy atom. The van der Waals surface area contributed by atoms with Crippen LogP contribution in [0.5, 0.6) is 0 Å². The summed E-state index contributed by atoms with van der Waals surface area (Å²) in [4.78, 5) is 4.56. The van der Waals surface area contributed by atoms with E-state index in [2.05, 4.69) is 78.1 Å². The highest BCUT2D eigenvalue weighted by Gasteiger charge is 2.39. The molecule has 31 heavy (non-hydrogen) atoms. The highest BCUT2D eigenvalue weighted by molar-refractivity contribution is 5.82. The molecule has 0 atom stereocenters. The van der Waals surface area contributed by atoms with Gasteiger partial charge in [0, 0.05) is 23.3 Å². The molecule has 1 fully saturated rings. The SMILES string of the molecule is C=C/C=C\c1cc(-c2ccn3nc(NC4CC(C)(NC=C)C4)ncc23)ccc1C.CC. The average Bonchev–Trinajstić information content (AvgIpc) is 3.17. The van der Waals surface area contributed by atoms with Crippen molar-refractivity contribution in [3.63, 3.8) is 0 Å². The lowest BCUT2D eigenvalue weighted by Gasteiger charge is -2.45. The van der Waals surface area contributed by atoms with Gasteiger partial charge in [-0.2, -0.15) is 0 Å². The molecule has 1 aromatic carbocycles. The highest BCUT2D eigenvalue weighted by atomic mass is 15.3. The van der Waals surface area contributed by atoms with Gasteiger partial charge in [0.15, 0.2) is 0 Å². The third kappa shape index (κ3) is 4.88. The minimum absolute atomic E-state index is 0.118. The maximum absolute atomic E-state index is 4.65.